The number of aromatic nitrogens is 1. The van der Waals surface area contributed by atoms with Gasteiger partial charge < -0.3 is 4.90 Å². The zero-order valence-electron chi connectivity index (χ0n) is 14.6. The molecule has 24 heavy (non-hydrogen) atoms. The Hall–Kier alpha value is -1.85. The average Bonchev–Trinajstić information content (AvgIpc) is 2.56. The molecule has 6 heteroatoms. The van der Waals surface area contributed by atoms with Crippen LogP contribution in [0.3, 0.4) is 0 Å². The van der Waals surface area contributed by atoms with Crippen LogP contribution in [-0.2, 0) is 6.18 Å². The number of hydrogen-bond acceptors (Lipinski definition) is 3. The summed E-state index contributed by atoms with van der Waals surface area (Å²) in [4.78, 5) is 9.24. The van der Waals surface area contributed by atoms with E-state index in [2.05, 4.69) is 35.3 Å². The van der Waals surface area contributed by atoms with E-state index >= 15 is 0 Å². The summed E-state index contributed by atoms with van der Waals surface area (Å²) in [5.41, 5.74) is 0.327. The maximum Gasteiger partial charge on any atom is 0.433 e. The van der Waals surface area contributed by atoms with Gasteiger partial charge in [0.2, 0.25) is 0 Å². The van der Waals surface area contributed by atoms with E-state index in [0.717, 1.165) is 44.1 Å². The Balaban J connectivity index is 0.000000505. The summed E-state index contributed by atoms with van der Waals surface area (Å²) in [5, 5.41) is 0. The fraction of sp³-hybridized carbons (Fsp3) is 0.556. The van der Waals surface area contributed by atoms with Crippen molar-refractivity contribution < 1.29 is 13.2 Å². The highest BCUT2D eigenvalue weighted by Crippen LogP contribution is 2.36. The molecule has 1 aromatic heterocycles. The zero-order valence-corrected chi connectivity index (χ0v) is 14.6. The van der Waals surface area contributed by atoms with E-state index in [9.17, 15) is 13.2 Å². The third kappa shape index (κ3) is 5.98. The summed E-state index contributed by atoms with van der Waals surface area (Å²) in [5.74, 6) is 0. The molecule has 1 aliphatic heterocycles. The fourth-order valence-electron chi connectivity index (χ4n) is 2.50. The van der Waals surface area contributed by atoms with Crippen molar-refractivity contribution in [2.45, 2.75) is 46.2 Å². The number of nitrogens with zero attached hydrogens (tertiary/aromatic N) is 3. The minimum atomic E-state index is -4.36. The minimum Gasteiger partial charge on any atom is -0.370 e. The summed E-state index contributed by atoms with van der Waals surface area (Å²) >= 11 is 0. The summed E-state index contributed by atoms with van der Waals surface area (Å²) in [6, 6.07) is 2.58. The van der Waals surface area contributed by atoms with Crippen molar-refractivity contribution in [3.63, 3.8) is 0 Å². The van der Waals surface area contributed by atoms with Crippen molar-refractivity contribution in [3.8, 4) is 0 Å². The normalized spacial score (nSPS) is 17.3. The van der Waals surface area contributed by atoms with Gasteiger partial charge in [-0.2, -0.15) is 13.2 Å². The molecule has 1 aliphatic rings. The highest BCUT2D eigenvalue weighted by Gasteiger charge is 2.33. The largest absolute Gasteiger partial charge is 0.433 e. The van der Waals surface area contributed by atoms with Crippen LogP contribution in [-0.4, -0.2) is 24.3 Å². The predicted octanol–water partition coefficient (Wildman–Crippen LogP) is 5.34. The number of alkyl halides is 3. The van der Waals surface area contributed by atoms with E-state index in [1.807, 2.05) is 6.92 Å². The van der Waals surface area contributed by atoms with E-state index < -0.39 is 11.9 Å². The van der Waals surface area contributed by atoms with Crippen molar-refractivity contribution in [3.05, 3.63) is 36.8 Å². The third-order valence-electron chi connectivity index (χ3n) is 4.48. The summed E-state index contributed by atoms with van der Waals surface area (Å²) in [7, 11) is 0. The highest BCUT2D eigenvalue weighted by molar-refractivity contribution is 5.53. The summed E-state index contributed by atoms with van der Waals surface area (Å²) in [6.45, 7) is 11.4. The third-order valence-corrected chi connectivity index (χ3v) is 4.48. The molecule has 0 atom stereocenters. The van der Waals surface area contributed by atoms with Gasteiger partial charge in [-0.15, -0.1) is 0 Å². The number of aliphatic imine (C=N–C) groups is 1. The molecule has 134 valence electrons. The SMILES string of the molecule is C=CN=CC.CCC1(C)CCN(c2ccc(C(F)(F)F)nc2)CC1. The molecule has 0 aliphatic carbocycles. The second kappa shape index (κ2) is 8.85. The molecule has 0 saturated carbocycles. The van der Waals surface area contributed by atoms with Crippen LogP contribution in [0.5, 0.6) is 0 Å². The summed E-state index contributed by atoms with van der Waals surface area (Å²) < 4.78 is 37.3. The predicted molar refractivity (Wildman–Crippen MR) is 93.4 cm³/mol. The zero-order chi connectivity index (χ0) is 18.2. The number of anilines is 1. The first kappa shape index (κ1) is 20.2. The van der Waals surface area contributed by atoms with Crippen molar-refractivity contribution in [2.75, 3.05) is 18.0 Å². The van der Waals surface area contributed by atoms with Crippen LogP contribution in [0.1, 0.15) is 45.7 Å². The molecule has 0 N–H and O–H groups in total. The maximum absolute atomic E-state index is 12.4. The standard InChI is InChI=1S/C14H19F3N2.C4H7N/c1-3-13(2)6-8-19(9-7-13)11-4-5-12(18-10-11)14(15,16)17;1-3-5-4-2/h4-5,10H,3,6-9H2,1-2H3;3-4H,1H2,2H3. The van der Waals surface area contributed by atoms with E-state index in [0.29, 0.717) is 5.41 Å². The lowest BCUT2D eigenvalue weighted by Gasteiger charge is -2.39. The Labute approximate surface area is 142 Å². The van der Waals surface area contributed by atoms with Crippen molar-refractivity contribution in [2.24, 2.45) is 10.4 Å². The molecule has 0 spiro atoms. The van der Waals surface area contributed by atoms with Gasteiger partial charge in [0, 0.05) is 25.5 Å². The molecule has 0 radical (unpaired) electrons. The molecular formula is C18H26F3N3. The average molecular weight is 341 g/mol. The van der Waals surface area contributed by atoms with Crippen LogP contribution in [0.15, 0.2) is 36.1 Å². The lowest BCUT2D eigenvalue weighted by atomic mass is 9.78. The molecule has 2 heterocycles. The lowest BCUT2D eigenvalue weighted by Crippen LogP contribution is -2.38. The number of piperidine rings is 1. The van der Waals surface area contributed by atoms with E-state index in [4.69, 9.17) is 0 Å². The van der Waals surface area contributed by atoms with Gasteiger partial charge >= 0.3 is 6.18 Å². The number of pyridine rings is 1. The number of rotatable bonds is 3. The van der Waals surface area contributed by atoms with E-state index in [1.165, 1.54) is 18.5 Å². The van der Waals surface area contributed by atoms with E-state index in [1.54, 1.807) is 6.21 Å². The van der Waals surface area contributed by atoms with Gasteiger partial charge in [0.1, 0.15) is 5.69 Å². The van der Waals surface area contributed by atoms with Gasteiger partial charge in [0.25, 0.3) is 0 Å². The number of hydrogen-bond donors (Lipinski definition) is 0. The van der Waals surface area contributed by atoms with Gasteiger partial charge in [0.05, 0.1) is 11.9 Å². The molecule has 1 aromatic rings. The van der Waals surface area contributed by atoms with Gasteiger partial charge in [-0.05, 0) is 37.3 Å². The Kier molecular flexibility index (Phi) is 7.45. The van der Waals surface area contributed by atoms with Gasteiger partial charge in [-0.3, -0.25) is 4.99 Å². The Morgan fingerprint density at radius 3 is 2.29 bits per heavy atom. The van der Waals surface area contributed by atoms with Crippen LogP contribution in [0.2, 0.25) is 0 Å². The van der Waals surface area contributed by atoms with Crippen LogP contribution in [0.25, 0.3) is 0 Å². The van der Waals surface area contributed by atoms with E-state index in [-0.39, 0.29) is 0 Å². The van der Waals surface area contributed by atoms with Crippen molar-refractivity contribution in [1.82, 2.24) is 4.98 Å². The Bertz CT molecular complexity index is 527. The topological polar surface area (TPSA) is 28.5 Å². The molecule has 1 fully saturated rings. The number of halogens is 3. The summed E-state index contributed by atoms with van der Waals surface area (Å²) in [6.07, 6.45) is 3.45. The Morgan fingerprint density at radius 2 is 1.96 bits per heavy atom. The second-order valence-corrected chi connectivity index (χ2v) is 6.14. The monoisotopic (exact) mass is 341 g/mol. The molecular weight excluding hydrogens is 315 g/mol. The molecule has 0 amide bonds. The van der Waals surface area contributed by atoms with Crippen LogP contribution >= 0.6 is 0 Å². The van der Waals surface area contributed by atoms with Crippen LogP contribution in [0.4, 0.5) is 18.9 Å². The Morgan fingerprint density at radius 1 is 1.33 bits per heavy atom. The van der Waals surface area contributed by atoms with Crippen LogP contribution in [0, 0.1) is 5.41 Å². The highest BCUT2D eigenvalue weighted by atomic mass is 19.4. The maximum atomic E-state index is 12.4. The first-order valence-corrected chi connectivity index (χ1v) is 8.12. The van der Waals surface area contributed by atoms with Gasteiger partial charge in [-0.1, -0.05) is 26.8 Å². The first-order valence-electron chi connectivity index (χ1n) is 8.12. The quantitative estimate of drug-likeness (QED) is 0.695. The molecule has 3 nitrogen and oxygen atoms in total. The minimum absolute atomic E-state index is 0.371. The fourth-order valence-corrected chi connectivity index (χ4v) is 2.50. The van der Waals surface area contributed by atoms with Crippen molar-refractivity contribution in [1.29, 1.82) is 0 Å². The molecule has 0 aromatic carbocycles. The smallest absolute Gasteiger partial charge is 0.370 e. The lowest BCUT2D eigenvalue weighted by molar-refractivity contribution is -0.141. The molecule has 0 bridgehead atoms. The van der Waals surface area contributed by atoms with Gasteiger partial charge in [0.15, 0.2) is 0 Å². The second-order valence-electron chi connectivity index (χ2n) is 6.14. The van der Waals surface area contributed by atoms with Crippen molar-refractivity contribution >= 4 is 11.9 Å². The van der Waals surface area contributed by atoms with Gasteiger partial charge in [-0.25, -0.2) is 4.98 Å². The van der Waals surface area contributed by atoms with Crippen LogP contribution < -0.4 is 4.90 Å². The first-order chi connectivity index (χ1) is 11.3. The molecule has 1 saturated heterocycles. The molecule has 0 unspecified atom stereocenters. The molecule has 2 rings (SSSR count).